The smallest absolute Gasteiger partial charge is 0.248 e. The van der Waals surface area contributed by atoms with Crippen molar-refractivity contribution < 1.29 is 4.42 Å². The molecule has 0 fully saturated rings. The SMILES string of the molecule is C=IC(CCC)c1ccc(-c2nnc(-c3ccc(-c4ccccc4)cc3)o2)cc1. The van der Waals surface area contributed by atoms with Crippen molar-refractivity contribution in [2.45, 2.75) is 23.7 Å². The topological polar surface area (TPSA) is 38.9 Å². The van der Waals surface area contributed by atoms with Gasteiger partial charge in [-0.05, 0) is 47.4 Å². The van der Waals surface area contributed by atoms with Crippen LogP contribution >= 0.6 is 20.7 Å². The number of hydrogen-bond donors (Lipinski definition) is 0. The van der Waals surface area contributed by atoms with E-state index in [1.54, 1.807) is 0 Å². The van der Waals surface area contributed by atoms with Crippen LogP contribution in [0.1, 0.15) is 29.3 Å². The summed E-state index contributed by atoms with van der Waals surface area (Å²) in [4.78, 5) is 0. The van der Waals surface area contributed by atoms with Crippen molar-refractivity contribution in [3.05, 3.63) is 84.4 Å². The zero-order valence-electron chi connectivity index (χ0n) is 16.4. The van der Waals surface area contributed by atoms with E-state index in [9.17, 15) is 0 Å². The van der Waals surface area contributed by atoms with E-state index in [-0.39, 0.29) is 20.7 Å². The van der Waals surface area contributed by atoms with Crippen LogP contribution in [0.3, 0.4) is 0 Å². The van der Waals surface area contributed by atoms with Crippen molar-refractivity contribution in [1.82, 2.24) is 10.2 Å². The fourth-order valence-electron chi connectivity index (χ4n) is 3.31. The maximum Gasteiger partial charge on any atom is 0.248 e. The van der Waals surface area contributed by atoms with Crippen LogP contribution in [-0.2, 0) is 0 Å². The molecule has 29 heavy (non-hydrogen) atoms. The van der Waals surface area contributed by atoms with E-state index in [1.807, 2.05) is 30.3 Å². The summed E-state index contributed by atoms with van der Waals surface area (Å²) in [6.07, 6.45) is 2.40. The Hall–Kier alpha value is -2.60. The second-order valence-corrected chi connectivity index (χ2v) is 9.27. The predicted octanol–water partition coefficient (Wildman–Crippen LogP) is 7.31. The molecule has 0 saturated heterocycles. The Morgan fingerprint density at radius 1 is 0.759 bits per heavy atom. The van der Waals surface area contributed by atoms with E-state index < -0.39 is 0 Å². The fraction of sp³-hybridized carbons (Fsp3) is 0.160. The van der Waals surface area contributed by atoms with Crippen LogP contribution in [0.15, 0.2) is 83.3 Å². The number of nitrogens with zero attached hydrogens (tertiary/aromatic N) is 2. The molecule has 0 radical (unpaired) electrons. The highest BCUT2D eigenvalue weighted by Gasteiger charge is 2.12. The van der Waals surface area contributed by atoms with Crippen molar-refractivity contribution in [3.8, 4) is 34.0 Å². The van der Waals surface area contributed by atoms with Crippen molar-refractivity contribution >= 4 is 25.2 Å². The van der Waals surface area contributed by atoms with Crippen molar-refractivity contribution in [2.75, 3.05) is 0 Å². The summed E-state index contributed by atoms with van der Waals surface area (Å²) in [5, 5.41) is 8.50. The first-order valence-corrected chi connectivity index (χ1v) is 12.5. The van der Waals surface area contributed by atoms with Gasteiger partial charge in [0.1, 0.15) is 0 Å². The number of rotatable bonds is 7. The zero-order chi connectivity index (χ0) is 20.1. The molecule has 3 aromatic carbocycles. The molecule has 1 atom stereocenters. The zero-order valence-corrected chi connectivity index (χ0v) is 18.5. The molecule has 4 rings (SSSR count). The Labute approximate surface area is 181 Å². The number of alkyl halides is 1. The largest absolute Gasteiger partial charge is 0.416 e. The first kappa shape index (κ1) is 19.7. The number of halogens is 1. The van der Waals surface area contributed by atoms with Crippen LogP contribution in [0.25, 0.3) is 34.0 Å². The van der Waals surface area contributed by atoms with Gasteiger partial charge in [0.2, 0.25) is 11.8 Å². The highest BCUT2D eigenvalue weighted by Crippen LogP contribution is 2.33. The molecule has 0 aliphatic carbocycles. The van der Waals surface area contributed by atoms with E-state index in [2.05, 4.69) is 70.2 Å². The van der Waals surface area contributed by atoms with Crippen molar-refractivity contribution in [2.24, 2.45) is 0 Å². The molecule has 146 valence electrons. The molecule has 0 spiro atoms. The van der Waals surface area contributed by atoms with Gasteiger partial charge < -0.3 is 4.42 Å². The van der Waals surface area contributed by atoms with Crippen LogP contribution in [0.4, 0.5) is 0 Å². The van der Waals surface area contributed by atoms with E-state index in [0.717, 1.165) is 11.1 Å². The van der Waals surface area contributed by atoms with E-state index >= 15 is 0 Å². The second kappa shape index (κ2) is 9.27. The Morgan fingerprint density at radius 2 is 1.28 bits per heavy atom. The van der Waals surface area contributed by atoms with Gasteiger partial charge >= 0.3 is 0 Å². The molecule has 0 bridgehead atoms. The Balaban J connectivity index is 1.53. The molecule has 4 heteroatoms. The summed E-state index contributed by atoms with van der Waals surface area (Å²) < 4.78 is 10.8. The summed E-state index contributed by atoms with van der Waals surface area (Å²) >= 11 is -0.0568. The highest BCUT2D eigenvalue weighted by atomic mass is 127. The van der Waals surface area contributed by atoms with Gasteiger partial charge in [-0.3, -0.25) is 0 Å². The molecule has 1 unspecified atom stereocenters. The second-order valence-electron chi connectivity index (χ2n) is 6.89. The lowest BCUT2D eigenvalue weighted by molar-refractivity contribution is 0.584. The molecule has 0 saturated carbocycles. The first-order valence-electron chi connectivity index (χ1n) is 9.75. The minimum Gasteiger partial charge on any atom is -0.416 e. The van der Waals surface area contributed by atoms with Crippen molar-refractivity contribution in [3.63, 3.8) is 0 Å². The Kier molecular flexibility index (Phi) is 6.30. The van der Waals surface area contributed by atoms with E-state index in [0.29, 0.717) is 15.7 Å². The Morgan fingerprint density at radius 3 is 1.83 bits per heavy atom. The van der Waals surface area contributed by atoms with E-state index in [4.69, 9.17) is 4.42 Å². The van der Waals surface area contributed by atoms with E-state index in [1.165, 1.54) is 29.5 Å². The van der Waals surface area contributed by atoms with Crippen molar-refractivity contribution in [1.29, 1.82) is 0 Å². The maximum absolute atomic E-state index is 5.95. The van der Waals surface area contributed by atoms with Gasteiger partial charge in [-0.1, -0.05) is 72.5 Å². The highest BCUT2D eigenvalue weighted by molar-refractivity contribution is 14.2. The lowest BCUT2D eigenvalue weighted by Crippen LogP contribution is -1.90. The number of aromatic nitrogens is 2. The lowest BCUT2D eigenvalue weighted by Gasteiger charge is -2.10. The summed E-state index contributed by atoms with van der Waals surface area (Å²) in [6.45, 7) is 2.23. The monoisotopic (exact) mass is 494 g/mol. The fourth-order valence-corrected chi connectivity index (χ4v) is 5.30. The predicted molar refractivity (Wildman–Crippen MR) is 129 cm³/mol. The summed E-state index contributed by atoms with van der Waals surface area (Å²) in [5.41, 5.74) is 5.60. The van der Waals surface area contributed by atoms with Gasteiger partial charge in [-0.25, -0.2) is 0 Å². The van der Waals surface area contributed by atoms with Crippen LogP contribution < -0.4 is 0 Å². The summed E-state index contributed by atoms with van der Waals surface area (Å²) in [7, 11) is 0. The molecule has 0 aliphatic heterocycles. The van der Waals surface area contributed by atoms with Crippen LogP contribution in [0.2, 0.25) is 0 Å². The average Bonchev–Trinajstić information content (AvgIpc) is 3.29. The summed E-state index contributed by atoms with van der Waals surface area (Å²) in [6, 6.07) is 27.0. The lowest BCUT2D eigenvalue weighted by atomic mass is 10.0. The molecule has 1 aromatic heterocycles. The first-order chi connectivity index (χ1) is 14.3. The molecule has 0 amide bonds. The molecule has 0 N–H and O–H groups in total. The van der Waals surface area contributed by atoms with Crippen LogP contribution in [-0.4, -0.2) is 14.7 Å². The number of benzene rings is 3. The Bertz CT molecular complexity index is 1070. The third-order valence-electron chi connectivity index (χ3n) is 4.91. The maximum atomic E-state index is 5.95. The molecular formula is C25H23IN2O. The average molecular weight is 494 g/mol. The van der Waals surface area contributed by atoms with Gasteiger partial charge in [0.05, 0.1) is 0 Å². The van der Waals surface area contributed by atoms with Gasteiger partial charge in [-0.2, -0.15) is 0 Å². The molecule has 3 nitrogen and oxygen atoms in total. The normalized spacial score (nSPS) is 12.0. The molecule has 4 aromatic rings. The third kappa shape index (κ3) is 4.53. The van der Waals surface area contributed by atoms with Gasteiger partial charge in [-0.15, -0.1) is 30.9 Å². The van der Waals surface area contributed by atoms with Gasteiger partial charge in [0.15, 0.2) is 0 Å². The molecular weight excluding hydrogens is 471 g/mol. The quantitative estimate of drug-likeness (QED) is 0.200. The standard InChI is InChI=1S/C25H23IN2O/c1-3-7-23(26-2)20-12-16-22(17-13-20)25-28-27-24(29-25)21-14-10-19(11-15-21)18-8-5-4-6-9-18/h4-6,8-17,23H,2-3,7H2,1H3. The molecule has 1 heterocycles. The van der Waals surface area contributed by atoms with Gasteiger partial charge in [0.25, 0.3) is 0 Å². The third-order valence-corrected chi connectivity index (χ3v) is 7.32. The molecule has 0 aliphatic rings. The number of hydrogen-bond acceptors (Lipinski definition) is 3. The summed E-state index contributed by atoms with van der Waals surface area (Å²) in [5.74, 6) is 1.09. The minimum absolute atomic E-state index is 0.0568. The van der Waals surface area contributed by atoms with Crippen LogP contribution in [0.5, 0.6) is 0 Å². The van der Waals surface area contributed by atoms with Gasteiger partial charge in [0, 0.05) is 15.1 Å². The minimum atomic E-state index is -0.0568. The van der Waals surface area contributed by atoms with Crippen LogP contribution in [0, 0.1) is 0 Å².